The lowest BCUT2D eigenvalue weighted by Crippen LogP contribution is -2.36. The molecule has 0 aromatic heterocycles. The summed E-state index contributed by atoms with van der Waals surface area (Å²) in [6, 6.07) is 13.3. The molecule has 0 bridgehead atoms. The van der Waals surface area contributed by atoms with Crippen molar-refractivity contribution in [3.63, 3.8) is 0 Å². The fraction of sp³-hybridized carbons (Fsp3) is 0.300. The maximum absolute atomic E-state index is 13.1. The minimum absolute atomic E-state index is 0.177. The standard InChI is InChI=1S/C20H22FNO3/c1-14-5-4-6-17(11-14)19(23)22(12-15(2)20(24)25-3)13-16-7-9-18(21)10-8-16/h4-11,15H,12-13H2,1-3H3. The van der Waals surface area contributed by atoms with Crippen LogP contribution in [0.1, 0.15) is 28.4 Å². The first-order valence-corrected chi connectivity index (χ1v) is 8.09. The third-order valence-corrected chi connectivity index (χ3v) is 3.94. The van der Waals surface area contributed by atoms with Crippen LogP contribution < -0.4 is 0 Å². The van der Waals surface area contributed by atoms with Crippen LogP contribution >= 0.6 is 0 Å². The molecule has 1 amide bonds. The molecular weight excluding hydrogens is 321 g/mol. The molecule has 0 aliphatic carbocycles. The van der Waals surface area contributed by atoms with E-state index in [1.54, 1.807) is 30.0 Å². The van der Waals surface area contributed by atoms with Crippen LogP contribution in [0.4, 0.5) is 4.39 Å². The van der Waals surface area contributed by atoms with Gasteiger partial charge in [0.05, 0.1) is 13.0 Å². The fourth-order valence-corrected chi connectivity index (χ4v) is 2.60. The maximum atomic E-state index is 13.1. The van der Waals surface area contributed by atoms with Crippen LogP contribution in [0, 0.1) is 18.7 Å². The van der Waals surface area contributed by atoms with Gasteiger partial charge in [-0.1, -0.05) is 36.8 Å². The zero-order chi connectivity index (χ0) is 18.4. The van der Waals surface area contributed by atoms with Crippen molar-refractivity contribution < 1.29 is 18.7 Å². The van der Waals surface area contributed by atoms with Gasteiger partial charge in [-0.2, -0.15) is 0 Å². The first-order chi connectivity index (χ1) is 11.9. The molecular formula is C20H22FNO3. The lowest BCUT2D eigenvalue weighted by atomic mass is 10.1. The lowest BCUT2D eigenvalue weighted by Gasteiger charge is -2.25. The van der Waals surface area contributed by atoms with Gasteiger partial charge < -0.3 is 9.64 Å². The van der Waals surface area contributed by atoms with Crippen molar-refractivity contribution in [2.24, 2.45) is 5.92 Å². The van der Waals surface area contributed by atoms with E-state index in [1.807, 2.05) is 25.1 Å². The average Bonchev–Trinajstić information content (AvgIpc) is 2.61. The quantitative estimate of drug-likeness (QED) is 0.753. The van der Waals surface area contributed by atoms with Crippen molar-refractivity contribution in [3.8, 4) is 0 Å². The molecule has 0 aliphatic rings. The first-order valence-electron chi connectivity index (χ1n) is 8.09. The Balaban J connectivity index is 2.25. The summed E-state index contributed by atoms with van der Waals surface area (Å²) in [5, 5.41) is 0. The zero-order valence-corrected chi connectivity index (χ0v) is 14.7. The molecule has 0 heterocycles. The molecule has 25 heavy (non-hydrogen) atoms. The smallest absolute Gasteiger partial charge is 0.310 e. The molecule has 2 aromatic rings. The number of nitrogens with zero attached hydrogens (tertiary/aromatic N) is 1. The third kappa shape index (κ3) is 5.14. The summed E-state index contributed by atoms with van der Waals surface area (Å²) in [5.74, 6) is -1.34. The van der Waals surface area contributed by atoms with Gasteiger partial charge in [0.1, 0.15) is 5.82 Å². The second-order valence-corrected chi connectivity index (χ2v) is 6.11. The second kappa shape index (κ2) is 8.42. The summed E-state index contributed by atoms with van der Waals surface area (Å²) in [7, 11) is 1.32. The Morgan fingerprint density at radius 3 is 2.44 bits per heavy atom. The van der Waals surface area contributed by atoms with Crippen molar-refractivity contribution in [3.05, 3.63) is 71.0 Å². The largest absolute Gasteiger partial charge is 0.469 e. The van der Waals surface area contributed by atoms with Crippen LogP contribution in [-0.4, -0.2) is 30.4 Å². The normalized spacial score (nSPS) is 11.7. The van der Waals surface area contributed by atoms with Crippen LogP contribution in [0.15, 0.2) is 48.5 Å². The van der Waals surface area contributed by atoms with Gasteiger partial charge in [0.2, 0.25) is 0 Å². The highest BCUT2D eigenvalue weighted by Crippen LogP contribution is 2.15. The average molecular weight is 343 g/mol. The monoisotopic (exact) mass is 343 g/mol. The molecule has 2 rings (SSSR count). The lowest BCUT2D eigenvalue weighted by molar-refractivity contribution is -0.145. The Kier molecular flexibility index (Phi) is 6.28. The predicted octanol–water partition coefficient (Wildman–Crippen LogP) is 3.59. The number of ether oxygens (including phenoxy) is 1. The molecule has 2 aromatic carbocycles. The highest BCUT2D eigenvalue weighted by atomic mass is 19.1. The van der Waals surface area contributed by atoms with Gasteiger partial charge in [0, 0.05) is 18.7 Å². The Bertz CT molecular complexity index is 743. The van der Waals surface area contributed by atoms with Crippen molar-refractivity contribution in [2.75, 3.05) is 13.7 Å². The van der Waals surface area contributed by atoms with E-state index < -0.39 is 5.92 Å². The first kappa shape index (κ1) is 18.6. The number of amides is 1. The number of rotatable bonds is 6. The molecule has 5 heteroatoms. The van der Waals surface area contributed by atoms with Gasteiger partial charge in [-0.25, -0.2) is 4.39 Å². The van der Waals surface area contributed by atoms with E-state index in [9.17, 15) is 14.0 Å². The number of aryl methyl sites for hydroxylation is 1. The highest BCUT2D eigenvalue weighted by molar-refractivity contribution is 5.94. The van der Waals surface area contributed by atoms with Gasteiger partial charge in [-0.3, -0.25) is 9.59 Å². The molecule has 0 spiro atoms. The summed E-state index contributed by atoms with van der Waals surface area (Å²) in [4.78, 5) is 26.2. The number of hydrogen-bond acceptors (Lipinski definition) is 3. The van der Waals surface area contributed by atoms with Crippen LogP contribution in [0.5, 0.6) is 0 Å². The Labute approximate surface area is 147 Å². The third-order valence-electron chi connectivity index (χ3n) is 3.94. The van der Waals surface area contributed by atoms with Crippen molar-refractivity contribution in [2.45, 2.75) is 20.4 Å². The molecule has 4 nitrogen and oxygen atoms in total. The highest BCUT2D eigenvalue weighted by Gasteiger charge is 2.23. The van der Waals surface area contributed by atoms with E-state index in [1.165, 1.54) is 19.2 Å². The van der Waals surface area contributed by atoms with Gasteiger partial charge in [0.25, 0.3) is 5.91 Å². The van der Waals surface area contributed by atoms with Crippen LogP contribution in [0.25, 0.3) is 0 Å². The summed E-state index contributed by atoms with van der Waals surface area (Å²) >= 11 is 0. The Hall–Kier alpha value is -2.69. The van der Waals surface area contributed by atoms with Crippen molar-refractivity contribution in [1.29, 1.82) is 0 Å². The van der Waals surface area contributed by atoms with Gasteiger partial charge in [-0.15, -0.1) is 0 Å². The van der Waals surface area contributed by atoms with E-state index in [-0.39, 0.29) is 30.8 Å². The van der Waals surface area contributed by atoms with E-state index in [2.05, 4.69) is 0 Å². The number of halogens is 1. The van der Waals surface area contributed by atoms with E-state index in [4.69, 9.17) is 4.74 Å². The van der Waals surface area contributed by atoms with Crippen molar-refractivity contribution in [1.82, 2.24) is 4.90 Å². The molecule has 1 atom stereocenters. The Morgan fingerprint density at radius 1 is 1.16 bits per heavy atom. The second-order valence-electron chi connectivity index (χ2n) is 6.11. The summed E-state index contributed by atoms with van der Waals surface area (Å²) in [6.07, 6.45) is 0. The van der Waals surface area contributed by atoms with Gasteiger partial charge in [0.15, 0.2) is 0 Å². The van der Waals surface area contributed by atoms with E-state index in [0.717, 1.165) is 11.1 Å². The molecule has 132 valence electrons. The predicted molar refractivity (Wildman–Crippen MR) is 93.5 cm³/mol. The molecule has 0 N–H and O–H groups in total. The van der Waals surface area contributed by atoms with Crippen LogP contribution in [0.2, 0.25) is 0 Å². The number of carbonyl (C=O) groups is 2. The SMILES string of the molecule is COC(=O)C(C)CN(Cc1ccc(F)cc1)C(=O)c1cccc(C)c1. The topological polar surface area (TPSA) is 46.6 Å². The molecule has 1 unspecified atom stereocenters. The number of esters is 1. The van der Waals surface area contributed by atoms with Gasteiger partial charge in [-0.05, 0) is 36.8 Å². The molecule has 0 aliphatic heterocycles. The Morgan fingerprint density at radius 2 is 1.84 bits per heavy atom. The van der Waals surface area contributed by atoms with Gasteiger partial charge >= 0.3 is 5.97 Å². The number of benzene rings is 2. The summed E-state index contributed by atoms with van der Waals surface area (Å²) in [5.41, 5.74) is 2.33. The maximum Gasteiger partial charge on any atom is 0.310 e. The molecule has 0 radical (unpaired) electrons. The molecule has 0 saturated carbocycles. The summed E-state index contributed by atoms with van der Waals surface area (Å²) in [6.45, 7) is 4.14. The minimum Gasteiger partial charge on any atom is -0.469 e. The fourth-order valence-electron chi connectivity index (χ4n) is 2.60. The van der Waals surface area contributed by atoms with E-state index >= 15 is 0 Å². The number of hydrogen-bond donors (Lipinski definition) is 0. The summed E-state index contributed by atoms with van der Waals surface area (Å²) < 4.78 is 17.9. The number of methoxy groups -OCH3 is 1. The van der Waals surface area contributed by atoms with Crippen molar-refractivity contribution >= 4 is 11.9 Å². The number of carbonyl (C=O) groups excluding carboxylic acids is 2. The minimum atomic E-state index is -0.459. The zero-order valence-electron chi connectivity index (χ0n) is 14.7. The molecule has 0 saturated heterocycles. The van der Waals surface area contributed by atoms with E-state index in [0.29, 0.717) is 5.56 Å². The van der Waals surface area contributed by atoms with Crippen LogP contribution in [0.3, 0.4) is 0 Å². The molecule has 0 fully saturated rings. The van der Waals surface area contributed by atoms with Crippen LogP contribution in [-0.2, 0) is 16.1 Å².